The van der Waals surface area contributed by atoms with E-state index < -0.39 is 5.67 Å². The van der Waals surface area contributed by atoms with E-state index in [2.05, 4.69) is 21.2 Å². The number of terminal acetylenes is 1. The number of rotatable bonds is 4. The summed E-state index contributed by atoms with van der Waals surface area (Å²) in [6, 6.07) is 9.93. The molecule has 4 atom stereocenters. The molecule has 0 saturated heterocycles. The van der Waals surface area contributed by atoms with E-state index in [0.717, 1.165) is 29.3 Å². The summed E-state index contributed by atoms with van der Waals surface area (Å²) in [5.41, 5.74) is 1.36. The number of nitrogens with zero attached hydrogens (tertiary/aromatic N) is 2. The molecule has 0 spiro atoms. The summed E-state index contributed by atoms with van der Waals surface area (Å²) in [4.78, 5) is 20.8. The average Bonchev–Trinajstić information content (AvgIpc) is 3.28. The first-order chi connectivity index (χ1) is 15.4. The van der Waals surface area contributed by atoms with Crippen LogP contribution in [-0.4, -0.2) is 21.5 Å². The topological polar surface area (TPSA) is 54.9 Å². The monoisotopic (exact) mass is 431 g/mol. The minimum absolute atomic E-state index is 0.162. The maximum Gasteiger partial charge on any atom is 0.227 e. The van der Waals surface area contributed by atoms with Crippen LogP contribution in [0.3, 0.4) is 0 Å². The molecule has 1 N–H and O–H groups in total. The molecule has 0 aliphatic heterocycles. The lowest BCUT2D eigenvalue weighted by atomic mass is 9.88. The van der Waals surface area contributed by atoms with Crippen LogP contribution in [0.1, 0.15) is 49.3 Å². The summed E-state index contributed by atoms with van der Waals surface area (Å²) in [7, 11) is 0. The molecule has 6 heteroatoms. The molecular formula is C26H23F2N3O. The number of hydrogen-bond acceptors (Lipinski definition) is 3. The second-order valence-corrected chi connectivity index (χ2v) is 9.11. The van der Waals surface area contributed by atoms with Gasteiger partial charge in [0.15, 0.2) is 0 Å². The Hall–Kier alpha value is -3.33. The van der Waals surface area contributed by atoms with Crippen molar-refractivity contribution in [1.29, 1.82) is 0 Å². The van der Waals surface area contributed by atoms with Crippen molar-refractivity contribution >= 4 is 22.5 Å². The number of anilines is 1. The molecule has 2 aromatic heterocycles. The first-order valence-electron chi connectivity index (χ1n) is 10.9. The number of fused-ring (bicyclic) bond motifs is 2. The molecule has 4 nitrogen and oxygen atoms in total. The van der Waals surface area contributed by atoms with Gasteiger partial charge in [-0.1, -0.05) is 5.92 Å². The van der Waals surface area contributed by atoms with Gasteiger partial charge >= 0.3 is 0 Å². The fourth-order valence-corrected chi connectivity index (χ4v) is 5.68. The maximum absolute atomic E-state index is 15.6. The third-order valence-electron chi connectivity index (χ3n) is 6.95. The molecule has 2 fully saturated rings. The van der Waals surface area contributed by atoms with Gasteiger partial charge in [0.2, 0.25) is 5.91 Å². The van der Waals surface area contributed by atoms with Gasteiger partial charge in [-0.15, -0.1) is 6.42 Å². The lowest BCUT2D eigenvalue weighted by Gasteiger charge is -2.22. The molecule has 2 aliphatic carbocycles. The molecule has 1 aromatic carbocycles. The minimum atomic E-state index is -1.50. The Labute approximate surface area is 185 Å². The van der Waals surface area contributed by atoms with E-state index in [-0.39, 0.29) is 35.9 Å². The third-order valence-corrected chi connectivity index (χ3v) is 6.95. The predicted octanol–water partition coefficient (Wildman–Crippen LogP) is 5.39. The van der Waals surface area contributed by atoms with Crippen molar-refractivity contribution in [3.05, 3.63) is 65.9 Å². The highest BCUT2D eigenvalue weighted by molar-refractivity contribution is 5.91. The van der Waals surface area contributed by atoms with Crippen LogP contribution in [0.25, 0.3) is 10.9 Å². The summed E-state index contributed by atoms with van der Waals surface area (Å²) in [6.07, 6.45) is 10.8. The van der Waals surface area contributed by atoms with Crippen LogP contribution < -0.4 is 5.32 Å². The number of aromatic nitrogens is 2. The Kier molecular flexibility index (Phi) is 5.13. The van der Waals surface area contributed by atoms with Crippen LogP contribution in [0.5, 0.6) is 0 Å². The van der Waals surface area contributed by atoms with Crippen molar-refractivity contribution in [2.24, 2.45) is 11.8 Å². The zero-order valence-electron chi connectivity index (χ0n) is 17.5. The lowest BCUT2D eigenvalue weighted by Crippen LogP contribution is -2.28. The van der Waals surface area contributed by atoms with Crippen LogP contribution >= 0.6 is 0 Å². The second kappa shape index (κ2) is 7.98. The van der Waals surface area contributed by atoms with Crippen molar-refractivity contribution in [3.63, 3.8) is 0 Å². The first kappa shape index (κ1) is 20.6. The highest BCUT2D eigenvalue weighted by atomic mass is 19.1. The fourth-order valence-electron chi connectivity index (χ4n) is 5.68. The van der Waals surface area contributed by atoms with Crippen molar-refractivity contribution in [2.45, 2.75) is 43.7 Å². The van der Waals surface area contributed by atoms with E-state index in [1.807, 2.05) is 6.07 Å². The fraction of sp³-hybridized carbons (Fsp3) is 0.346. The number of pyridine rings is 2. The number of carbonyl (C=O) groups excluding carboxylic acids is 1. The van der Waals surface area contributed by atoms with E-state index >= 15 is 4.39 Å². The van der Waals surface area contributed by atoms with E-state index in [4.69, 9.17) is 6.42 Å². The van der Waals surface area contributed by atoms with E-state index in [9.17, 15) is 9.18 Å². The molecule has 2 heterocycles. The number of amides is 1. The normalized spacial score (nSPS) is 26.6. The molecule has 162 valence electrons. The molecule has 0 bridgehead atoms. The van der Waals surface area contributed by atoms with Gasteiger partial charge in [-0.3, -0.25) is 9.78 Å². The van der Waals surface area contributed by atoms with Crippen molar-refractivity contribution in [3.8, 4) is 12.3 Å². The standard InChI is InChI=1S/C26H23F2N3O/c1-2-20-4-5-21(15-30-20)31-25(32)14-26(28)12-17-9-16(10-18(17)13-26)22-7-8-29-24-6-3-19(27)11-23(22)24/h1,3-8,11,15-18H,9-10,12-14H2,(H,31,32)/t16?,17-,18+,26?. The summed E-state index contributed by atoms with van der Waals surface area (Å²) in [6.45, 7) is 0. The number of halogens is 2. The van der Waals surface area contributed by atoms with Crippen molar-refractivity contribution in [1.82, 2.24) is 9.97 Å². The van der Waals surface area contributed by atoms with Gasteiger partial charge in [-0.2, -0.15) is 0 Å². The highest BCUT2D eigenvalue weighted by Gasteiger charge is 2.51. The largest absolute Gasteiger partial charge is 0.325 e. The molecule has 2 aliphatic rings. The number of carbonyl (C=O) groups is 1. The molecule has 2 saturated carbocycles. The van der Waals surface area contributed by atoms with Crippen LogP contribution in [0.15, 0.2) is 48.8 Å². The molecule has 32 heavy (non-hydrogen) atoms. The maximum atomic E-state index is 15.6. The molecule has 3 aromatic rings. The molecular weight excluding hydrogens is 408 g/mol. The van der Waals surface area contributed by atoms with Gasteiger partial charge in [0.25, 0.3) is 0 Å². The summed E-state index contributed by atoms with van der Waals surface area (Å²) in [5, 5.41) is 3.56. The third kappa shape index (κ3) is 3.95. The SMILES string of the molecule is C#Cc1ccc(NC(=O)CC2(F)C[C@H]3CC(c4ccnc5ccc(F)cc45)C[C@H]3C2)cn1. The Balaban J connectivity index is 1.24. The number of nitrogens with one attached hydrogen (secondary N) is 1. The summed E-state index contributed by atoms with van der Waals surface area (Å²) in [5.74, 6) is 2.51. The zero-order valence-corrected chi connectivity index (χ0v) is 17.5. The molecule has 2 unspecified atom stereocenters. The van der Waals surface area contributed by atoms with Crippen LogP contribution in [0.4, 0.5) is 14.5 Å². The van der Waals surface area contributed by atoms with E-state index in [1.165, 1.54) is 12.3 Å². The lowest BCUT2D eigenvalue weighted by molar-refractivity contribution is -0.118. The Morgan fingerprint density at radius 2 is 1.94 bits per heavy atom. The second-order valence-electron chi connectivity index (χ2n) is 9.11. The first-order valence-corrected chi connectivity index (χ1v) is 10.9. The van der Waals surface area contributed by atoms with Crippen LogP contribution in [-0.2, 0) is 4.79 Å². The summed E-state index contributed by atoms with van der Waals surface area (Å²) < 4.78 is 29.4. The molecule has 1 amide bonds. The van der Waals surface area contributed by atoms with Crippen molar-refractivity contribution in [2.75, 3.05) is 5.32 Å². The molecule has 0 radical (unpaired) electrons. The molecule has 5 rings (SSSR count). The Morgan fingerprint density at radius 1 is 1.16 bits per heavy atom. The highest BCUT2D eigenvalue weighted by Crippen LogP contribution is 2.56. The van der Waals surface area contributed by atoms with Gasteiger partial charge in [0.05, 0.1) is 23.8 Å². The van der Waals surface area contributed by atoms with Gasteiger partial charge in [-0.25, -0.2) is 13.8 Å². The zero-order chi connectivity index (χ0) is 22.3. The Morgan fingerprint density at radius 3 is 2.62 bits per heavy atom. The van der Waals surface area contributed by atoms with E-state index in [1.54, 1.807) is 30.5 Å². The van der Waals surface area contributed by atoms with Gasteiger partial charge in [0, 0.05) is 11.6 Å². The Bertz CT molecular complexity index is 1200. The van der Waals surface area contributed by atoms with E-state index in [0.29, 0.717) is 24.2 Å². The van der Waals surface area contributed by atoms with Crippen LogP contribution in [0, 0.1) is 30.0 Å². The average molecular weight is 431 g/mol. The van der Waals surface area contributed by atoms with Gasteiger partial charge in [-0.05, 0) is 85.4 Å². The number of alkyl halides is 1. The quantitative estimate of drug-likeness (QED) is 0.564. The smallest absolute Gasteiger partial charge is 0.227 e. The minimum Gasteiger partial charge on any atom is -0.325 e. The van der Waals surface area contributed by atoms with Crippen molar-refractivity contribution < 1.29 is 13.6 Å². The number of hydrogen-bond donors (Lipinski definition) is 1. The van der Waals surface area contributed by atoms with Gasteiger partial charge in [0.1, 0.15) is 17.2 Å². The number of benzene rings is 1. The predicted molar refractivity (Wildman–Crippen MR) is 119 cm³/mol. The van der Waals surface area contributed by atoms with Gasteiger partial charge < -0.3 is 5.32 Å². The van der Waals surface area contributed by atoms with Crippen LogP contribution in [0.2, 0.25) is 0 Å². The summed E-state index contributed by atoms with van der Waals surface area (Å²) >= 11 is 0.